The van der Waals surface area contributed by atoms with Gasteiger partial charge in [-0.1, -0.05) is 112 Å². The van der Waals surface area contributed by atoms with Gasteiger partial charge in [-0.2, -0.15) is 0 Å². The second-order valence-corrected chi connectivity index (χ2v) is 23.0. The Morgan fingerprint density at radius 2 is 1.45 bits per heavy atom. The molecule has 5 rings (SSSR count). The van der Waals surface area contributed by atoms with Crippen LogP contribution in [0.2, 0.25) is 18.1 Å². The van der Waals surface area contributed by atoms with E-state index in [-0.39, 0.29) is 34.9 Å². The third-order valence-corrected chi connectivity index (χ3v) is 15.8. The summed E-state index contributed by atoms with van der Waals surface area (Å²) in [6, 6.07) is 31.8. The Morgan fingerprint density at radius 1 is 0.790 bits per heavy atom. The van der Waals surface area contributed by atoms with Crippen molar-refractivity contribution in [3.63, 3.8) is 0 Å². The lowest BCUT2D eigenvalue weighted by molar-refractivity contribution is -0.158. The average molecular weight is 863 g/mol. The molecule has 1 unspecified atom stereocenters. The second-order valence-electron chi connectivity index (χ2n) is 18.2. The van der Waals surface area contributed by atoms with Crippen molar-refractivity contribution in [1.82, 2.24) is 9.88 Å². The van der Waals surface area contributed by atoms with Gasteiger partial charge in [-0.25, -0.2) is 9.59 Å². The van der Waals surface area contributed by atoms with Gasteiger partial charge in [-0.15, -0.1) is 0 Å². The first-order valence-electron chi connectivity index (χ1n) is 21.2. The molecule has 0 saturated carbocycles. The Bertz CT molecular complexity index is 2370. The Hall–Kier alpha value is -5.56. The van der Waals surface area contributed by atoms with Crippen LogP contribution in [0.4, 0.5) is 4.79 Å². The molecule has 0 radical (unpaired) electrons. The highest BCUT2D eigenvalue weighted by Gasteiger charge is 2.42. The van der Waals surface area contributed by atoms with E-state index in [9.17, 15) is 24.3 Å². The number of nitrogens with zero attached hydrogens (tertiary/aromatic N) is 1. The molecule has 2 N–H and O–H groups in total. The van der Waals surface area contributed by atoms with Crippen molar-refractivity contribution in [2.75, 3.05) is 20.2 Å². The molecule has 0 spiro atoms. The lowest BCUT2D eigenvalue weighted by Gasteiger charge is -2.41. The number of nitrogens with one attached hydrogen (secondary N) is 1. The van der Waals surface area contributed by atoms with Gasteiger partial charge in [-0.05, 0) is 86.6 Å². The maximum Gasteiger partial charge on any atom is 0.410 e. The van der Waals surface area contributed by atoms with Crippen LogP contribution in [0.5, 0.6) is 5.75 Å². The van der Waals surface area contributed by atoms with Crippen LogP contribution in [0.3, 0.4) is 0 Å². The van der Waals surface area contributed by atoms with E-state index in [4.69, 9.17) is 18.6 Å². The van der Waals surface area contributed by atoms with E-state index in [1.807, 2.05) is 63.2 Å². The molecular weight excluding hydrogens is 801 g/mol. The molecule has 62 heavy (non-hydrogen) atoms. The van der Waals surface area contributed by atoms with Gasteiger partial charge in [0.25, 0.3) is 0 Å². The monoisotopic (exact) mass is 862 g/mol. The van der Waals surface area contributed by atoms with Crippen LogP contribution < -0.4 is 10.3 Å². The van der Waals surface area contributed by atoms with Gasteiger partial charge < -0.3 is 33.6 Å². The van der Waals surface area contributed by atoms with Crippen molar-refractivity contribution in [3.8, 4) is 5.75 Å². The molecule has 0 fully saturated rings. The smallest absolute Gasteiger partial charge is 0.410 e. The van der Waals surface area contributed by atoms with Crippen LogP contribution in [-0.4, -0.2) is 67.0 Å². The predicted molar refractivity (Wildman–Crippen MR) is 245 cm³/mol. The van der Waals surface area contributed by atoms with Gasteiger partial charge in [-0.3, -0.25) is 9.59 Å². The van der Waals surface area contributed by atoms with E-state index < -0.39 is 37.7 Å². The maximum absolute atomic E-state index is 14.0. The number of carbonyl (C=O) groups excluding carboxylic acids is 3. The number of hydrogen-bond donors (Lipinski definition) is 2. The summed E-state index contributed by atoms with van der Waals surface area (Å²) >= 11 is 0. The summed E-state index contributed by atoms with van der Waals surface area (Å²) in [7, 11) is -1.25. The molecule has 330 valence electrons. The Morgan fingerprint density at radius 3 is 2.10 bits per heavy atom. The number of rotatable bonds is 18. The van der Waals surface area contributed by atoms with Crippen molar-refractivity contribution in [2.45, 2.75) is 109 Å². The van der Waals surface area contributed by atoms with Crippen molar-refractivity contribution in [1.29, 1.82) is 0 Å². The fourth-order valence-electron chi connectivity index (χ4n) is 6.96. The van der Waals surface area contributed by atoms with E-state index in [0.717, 1.165) is 16.5 Å². The summed E-state index contributed by atoms with van der Waals surface area (Å²) in [5.74, 6) is -0.468. The minimum Gasteiger partial charge on any atom is -0.487 e. The third-order valence-electron chi connectivity index (χ3n) is 11.4. The molecule has 12 heteroatoms. The Balaban J connectivity index is 1.37. The molecule has 0 bridgehead atoms. The largest absolute Gasteiger partial charge is 0.487 e. The van der Waals surface area contributed by atoms with Crippen LogP contribution in [0, 0.1) is 0 Å². The number of fused-ring (bicyclic) bond motifs is 1. The van der Waals surface area contributed by atoms with E-state index in [1.54, 1.807) is 65.6 Å². The van der Waals surface area contributed by atoms with Crippen molar-refractivity contribution in [3.05, 3.63) is 147 Å². The van der Waals surface area contributed by atoms with Crippen molar-refractivity contribution < 1.29 is 38.1 Å². The van der Waals surface area contributed by atoms with Crippen LogP contribution >= 0.6 is 0 Å². The van der Waals surface area contributed by atoms with E-state index in [0.29, 0.717) is 54.8 Å². The molecule has 0 saturated heterocycles. The SMILES string of the molecule is COC(=O)C(O)(c1ccccc1)c1cccc(C(=O)CCCCCN(C[C@H](O[Si](C)(C)C(C)(C)C)c2ccc(OCc3ccccc3)c3[nH]c(=O)ccc23)C(=O)OC(C)(C)C)c1. The molecule has 2 atom stereocenters. The highest BCUT2D eigenvalue weighted by atomic mass is 28.4. The lowest BCUT2D eigenvalue weighted by atomic mass is 9.85. The summed E-state index contributed by atoms with van der Waals surface area (Å²) in [5, 5.41) is 12.3. The number of aliphatic hydroxyl groups is 1. The van der Waals surface area contributed by atoms with Crippen LogP contribution in [0.1, 0.15) is 106 Å². The number of unbranched alkanes of at least 4 members (excludes halogenated alkanes) is 2. The number of ketones is 1. The average Bonchev–Trinajstić information content (AvgIpc) is 3.23. The highest BCUT2D eigenvalue weighted by Crippen LogP contribution is 2.42. The number of amides is 1. The normalized spacial score (nSPS) is 13.5. The van der Waals surface area contributed by atoms with Gasteiger partial charge >= 0.3 is 12.1 Å². The number of aromatic nitrogens is 1. The number of esters is 1. The minimum absolute atomic E-state index is 0.139. The quantitative estimate of drug-likeness (QED) is 0.0381. The molecule has 4 aromatic carbocycles. The zero-order chi connectivity index (χ0) is 45.3. The minimum atomic E-state index is -2.46. The molecule has 1 heterocycles. The first-order chi connectivity index (χ1) is 29.2. The summed E-state index contributed by atoms with van der Waals surface area (Å²) in [6.45, 7) is 17.2. The molecule has 0 aliphatic rings. The van der Waals surface area contributed by atoms with E-state index >= 15 is 0 Å². The Labute approximate surface area is 366 Å². The zero-order valence-corrected chi connectivity index (χ0v) is 38.6. The number of aromatic amines is 1. The first kappa shape index (κ1) is 47.5. The molecule has 5 aromatic rings. The molecule has 1 aromatic heterocycles. The topological polar surface area (TPSA) is 144 Å². The summed E-state index contributed by atoms with van der Waals surface area (Å²) in [6.07, 6.45) is 0.900. The number of benzene rings is 4. The van der Waals surface area contributed by atoms with Crippen molar-refractivity contribution >= 4 is 37.1 Å². The van der Waals surface area contributed by atoms with Gasteiger partial charge in [0.05, 0.1) is 25.3 Å². The fourth-order valence-corrected chi connectivity index (χ4v) is 8.22. The number of hydrogen-bond acceptors (Lipinski definition) is 9. The molecular formula is C50H62N2O9Si. The number of methoxy groups -OCH3 is 1. The standard InChI is InChI=1S/C50H62N2O9Si/c1-48(2,3)60-47(56)52(31-18-12-17-26-41(53)36-22-19-25-38(32-36)50(57,46(55)58-7)37-23-15-11-16-24-37)33-43(61-62(8,9)49(4,5)6)39-27-29-42(45-40(39)28-30-44(54)51-45)59-34-35-20-13-10-14-21-35/h10-11,13-16,19-25,27-30,32,43,57H,12,17-18,26,31,33-34H2,1-9H3,(H,51,54)/t43-,50?/m0/s1. The van der Waals surface area contributed by atoms with Gasteiger partial charge in [0, 0.05) is 35.5 Å². The molecule has 1 amide bonds. The molecule has 11 nitrogen and oxygen atoms in total. The summed E-state index contributed by atoms with van der Waals surface area (Å²) in [4.78, 5) is 57.9. The molecule has 0 aliphatic carbocycles. The number of Topliss-reactive ketones (excluding diaryl/α,β-unsaturated/α-hetero) is 1. The number of carbonyl (C=O) groups is 3. The van der Waals surface area contributed by atoms with Gasteiger partial charge in [0.1, 0.15) is 18.0 Å². The molecule has 0 aliphatic heterocycles. The van der Waals surface area contributed by atoms with Gasteiger partial charge in [0.2, 0.25) is 11.2 Å². The van der Waals surface area contributed by atoms with Crippen LogP contribution in [0.15, 0.2) is 114 Å². The van der Waals surface area contributed by atoms with Gasteiger partial charge in [0.15, 0.2) is 14.1 Å². The third kappa shape index (κ3) is 11.9. The van der Waals surface area contributed by atoms with Crippen LogP contribution in [0.25, 0.3) is 10.9 Å². The number of ether oxygens (including phenoxy) is 3. The maximum atomic E-state index is 14.0. The summed E-state index contributed by atoms with van der Waals surface area (Å²) in [5.41, 5.74) is 0.158. The number of pyridine rings is 1. The Kier molecular flexibility index (Phi) is 15.4. The number of H-pyrrole nitrogens is 1. The van der Waals surface area contributed by atoms with E-state index in [1.165, 1.54) is 13.2 Å². The fraction of sp³-hybridized carbons (Fsp3) is 0.400. The van der Waals surface area contributed by atoms with E-state index in [2.05, 4.69) is 38.8 Å². The second kappa shape index (κ2) is 20.1. The highest BCUT2D eigenvalue weighted by molar-refractivity contribution is 6.74. The van der Waals surface area contributed by atoms with Crippen molar-refractivity contribution in [2.24, 2.45) is 0 Å². The predicted octanol–water partition coefficient (Wildman–Crippen LogP) is 10.3. The lowest BCUT2D eigenvalue weighted by Crippen LogP contribution is -2.46. The zero-order valence-electron chi connectivity index (χ0n) is 37.6. The summed E-state index contributed by atoms with van der Waals surface area (Å²) < 4.78 is 24.4. The van der Waals surface area contributed by atoms with Crippen LogP contribution in [-0.2, 0) is 30.9 Å². The first-order valence-corrected chi connectivity index (χ1v) is 24.1.